The molecule has 1 saturated carbocycles. The maximum absolute atomic E-state index is 12.8. The summed E-state index contributed by atoms with van der Waals surface area (Å²) in [6.07, 6.45) is 1.74. The number of hydrogen-bond acceptors (Lipinski definition) is 3. The first-order chi connectivity index (χ1) is 12.3. The van der Waals surface area contributed by atoms with Crippen molar-refractivity contribution in [2.24, 2.45) is 5.92 Å². The highest BCUT2D eigenvalue weighted by molar-refractivity contribution is 6.31. The first-order valence-electron chi connectivity index (χ1n) is 8.79. The molecule has 8 heteroatoms. The molecule has 2 heterocycles. The van der Waals surface area contributed by atoms with E-state index in [2.05, 4.69) is 16.0 Å². The largest absolute Gasteiger partial charge is 0.335 e. The molecular formula is C18H21ClN4O3. The van der Waals surface area contributed by atoms with E-state index in [0.29, 0.717) is 11.6 Å². The molecule has 1 unspecified atom stereocenters. The number of aryl methyl sites for hydroxylation is 1. The lowest BCUT2D eigenvalue weighted by Gasteiger charge is -2.29. The first kappa shape index (κ1) is 17.1. The zero-order valence-electron chi connectivity index (χ0n) is 14.7. The summed E-state index contributed by atoms with van der Waals surface area (Å²) >= 11 is 6.22. The van der Waals surface area contributed by atoms with E-state index >= 15 is 0 Å². The third-order valence-electron chi connectivity index (χ3n) is 5.70. The third kappa shape index (κ3) is 2.61. The maximum atomic E-state index is 12.8. The fourth-order valence-corrected chi connectivity index (χ4v) is 4.14. The zero-order chi connectivity index (χ0) is 18.6. The lowest BCUT2D eigenvalue weighted by molar-refractivity contribution is -0.124. The summed E-state index contributed by atoms with van der Waals surface area (Å²) in [5.41, 5.74) is 2.08. The van der Waals surface area contributed by atoms with Gasteiger partial charge in [-0.25, -0.2) is 9.59 Å². The van der Waals surface area contributed by atoms with E-state index in [4.69, 9.17) is 11.6 Å². The normalized spacial score (nSPS) is 27.2. The lowest BCUT2D eigenvalue weighted by Crippen LogP contribution is -2.58. The molecule has 1 aromatic rings. The summed E-state index contributed by atoms with van der Waals surface area (Å²) in [7, 11) is 0. The number of urea groups is 2. The molecule has 1 aliphatic carbocycles. The highest BCUT2D eigenvalue weighted by Gasteiger charge is 2.56. The van der Waals surface area contributed by atoms with Crippen molar-refractivity contribution >= 4 is 29.6 Å². The highest BCUT2D eigenvalue weighted by Crippen LogP contribution is 2.41. The summed E-state index contributed by atoms with van der Waals surface area (Å²) in [6, 6.07) is 3.07. The van der Waals surface area contributed by atoms with Crippen LogP contribution in [0.2, 0.25) is 5.02 Å². The second-order valence-electron chi connectivity index (χ2n) is 7.42. The van der Waals surface area contributed by atoms with Crippen molar-refractivity contribution in [3.8, 4) is 0 Å². The average Bonchev–Trinajstić information content (AvgIpc) is 3.33. The molecule has 0 aromatic heterocycles. The average molecular weight is 377 g/mol. The Bertz CT molecular complexity index is 823. The van der Waals surface area contributed by atoms with Gasteiger partial charge in [-0.2, -0.15) is 0 Å². The molecule has 138 valence electrons. The number of carbonyl (C=O) groups excluding carboxylic acids is 3. The van der Waals surface area contributed by atoms with Gasteiger partial charge >= 0.3 is 12.1 Å². The van der Waals surface area contributed by atoms with Crippen LogP contribution in [0.4, 0.5) is 9.59 Å². The Hall–Kier alpha value is -2.28. The fourth-order valence-electron chi connectivity index (χ4n) is 3.97. The lowest BCUT2D eigenvalue weighted by atomic mass is 9.93. The van der Waals surface area contributed by atoms with Crippen molar-refractivity contribution in [2.75, 3.05) is 6.54 Å². The molecule has 26 heavy (non-hydrogen) atoms. The van der Waals surface area contributed by atoms with Gasteiger partial charge in [-0.3, -0.25) is 10.1 Å². The summed E-state index contributed by atoms with van der Waals surface area (Å²) in [5, 5.41) is 8.55. The van der Waals surface area contributed by atoms with Gasteiger partial charge in [0.15, 0.2) is 0 Å². The van der Waals surface area contributed by atoms with Crippen molar-refractivity contribution in [3.05, 3.63) is 33.8 Å². The smallest absolute Gasteiger partial charge is 0.322 e. The summed E-state index contributed by atoms with van der Waals surface area (Å²) in [5.74, 6) is -0.283. The van der Waals surface area contributed by atoms with Crippen LogP contribution in [0.25, 0.3) is 0 Å². The molecule has 7 nitrogen and oxygen atoms in total. The summed E-state index contributed by atoms with van der Waals surface area (Å²) in [6.45, 7) is 4.48. The minimum absolute atomic E-state index is 0.0731. The van der Waals surface area contributed by atoms with Gasteiger partial charge in [0.05, 0.1) is 12.6 Å². The minimum Gasteiger partial charge on any atom is -0.335 e. The van der Waals surface area contributed by atoms with Gasteiger partial charge in [0.2, 0.25) is 0 Å². The minimum atomic E-state index is -1.03. The number of nitrogens with one attached hydrogen (secondary N) is 3. The number of fused-ring (bicyclic) bond motifs is 1. The second kappa shape index (κ2) is 5.87. The van der Waals surface area contributed by atoms with E-state index < -0.39 is 11.6 Å². The molecular weight excluding hydrogens is 356 g/mol. The molecule has 0 bridgehead atoms. The summed E-state index contributed by atoms with van der Waals surface area (Å²) < 4.78 is 0. The SMILES string of the molecule is Cc1cc2c(cc1Cl)C(C)N(C(=O)NC[C@@]1(C3CC3)NC(=O)NC1=O)C2. The van der Waals surface area contributed by atoms with Crippen LogP contribution in [0.1, 0.15) is 42.5 Å². The van der Waals surface area contributed by atoms with Gasteiger partial charge in [0.1, 0.15) is 5.54 Å². The van der Waals surface area contributed by atoms with Crippen LogP contribution in [-0.4, -0.2) is 35.0 Å². The molecule has 3 N–H and O–H groups in total. The number of hydrogen-bond donors (Lipinski definition) is 3. The number of nitrogens with zero attached hydrogens (tertiary/aromatic N) is 1. The van der Waals surface area contributed by atoms with Crippen LogP contribution < -0.4 is 16.0 Å². The van der Waals surface area contributed by atoms with Crippen LogP contribution in [0.3, 0.4) is 0 Å². The molecule has 0 spiro atoms. The standard InChI is InChI=1S/C18H21ClN4O3/c1-9-5-11-7-23(10(2)13(11)6-14(9)19)17(26)20-8-18(12-3-4-12)15(24)21-16(25)22-18/h5-6,10,12H,3-4,7-8H2,1-2H3,(H,20,26)(H2,21,22,24,25)/t10?,18-/m0/s1. The van der Waals surface area contributed by atoms with Crippen molar-refractivity contribution in [1.29, 1.82) is 0 Å². The van der Waals surface area contributed by atoms with Gasteiger partial charge in [-0.05, 0) is 55.4 Å². The van der Waals surface area contributed by atoms with Gasteiger partial charge in [0, 0.05) is 11.6 Å². The van der Waals surface area contributed by atoms with Gasteiger partial charge in [-0.15, -0.1) is 0 Å². The molecule has 5 amide bonds. The predicted octanol–water partition coefficient (Wildman–Crippen LogP) is 2.22. The molecule has 1 aromatic carbocycles. The van der Waals surface area contributed by atoms with Crippen LogP contribution >= 0.6 is 11.6 Å². The van der Waals surface area contributed by atoms with Crippen LogP contribution in [0.5, 0.6) is 0 Å². The summed E-state index contributed by atoms with van der Waals surface area (Å²) in [4.78, 5) is 38.3. The topological polar surface area (TPSA) is 90.5 Å². The second-order valence-corrected chi connectivity index (χ2v) is 7.82. The number of halogens is 1. The van der Waals surface area contributed by atoms with E-state index in [9.17, 15) is 14.4 Å². The first-order valence-corrected chi connectivity index (χ1v) is 9.16. The molecule has 3 aliphatic rings. The van der Waals surface area contributed by atoms with Crippen LogP contribution in [0.15, 0.2) is 12.1 Å². The molecule has 0 radical (unpaired) electrons. The number of imide groups is 1. The Morgan fingerprint density at radius 3 is 2.73 bits per heavy atom. The molecule has 4 rings (SSSR count). The third-order valence-corrected chi connectivity index (χ3v) is 6.11. The van der Waals surface area contributed by atoms with Crippen molar-refractivity contribution in [1.82, 2.24) is 20.9 Å². The van der Waals surface area contributed by atoms with Crippen molar-refractivity contribution < 1.29 is 14.4 Å². The maximum Gasteiger partial charge on any atom is 0.322 e. The monoisotopic (exact) mass is 376 g/mol. The molecule has 1 saturated heterocycles. The van der Waals surface area contributed by atoms with E-state index in [-0.39, 0.29) is 30.4 Å². The Kier molecular flexibility index (Phi) is 3.87. The molecule has 2 fully saturated rings. The highest BCUT2D eigenvalue weighted by atomic mass is 35.5. The Labute approximate surface area is 156 Å². The Morgan fingerprint density at radius 2 is 2.12 bits per heavy atom. The Balaban J connectivity index is 1.47. The van der Waals surface area contributed by atoms with Crippen LogP contribution in [-0.2, 0) is 11.3 Å². The van der Waals surface area contributed by atoms with E-state index in [0.717, 1.165) is 29.5 Å². The van der Waals surface area contributed by atoms with Crippen LogP contribution in [0, 0.1) is 12.8 Å². The van der Waals surface area contributed by atoms with Crippen molar-refractivity contribution in [3.63, 3.8) is 0 Å². The number of rotatable bonds is 3. The fraction of sp³-hybridized carbons (Fsp3) is 0.500. The predicted molar refractivity (Wildman–Crippen MR) is 95.7 cm³/mol. The van der Waals surface area contributed by atoms with E-state index in [1.54, 1.807) is 4.90 Å². The molecule has 2 atom stereocenters. The van der Waals surface area contributed by atoms with Gasteiger partial charge < -0.3 is 15.5 Å². The van der Waals surface area contributed by atoms with Gasteiger partial charge in [0.25, 0.3) is 5.91 Å². The zero-order valence-corrected chi connectivity index (χ0v) is 15.4. The van der Waals surface area contributed by atoms with Gasteiger partial charge in [-0.1, -0.05) is 17.7 Å². The van der Waals surface area contributed by atoms with Crippen molar-refractivity contribution in [2.45, 2.75) is 44.8 Å². The number of carbonyl (C=O) groups is 3. The van der Waals surface area contributed by atoms with E-state index in [1.165, 1.54) is 0 Å². The number of benzene rings is 1. The molecule has 2 aliphatic heterocycles. The quantitative estimate of drug-likeness (QED) is 0.706. The Morgan fingerprint density at radius 1 is 1.38 bits per heavy atom. The van der Waals surface area contributed by atoms with E-state index in [1.807, 2.05) is 26.0 Å². The number of amides is 5.